The first kappa shape index (κ1) is 42.4. The molecule has 0 radical (unpaired) electrons. The number of hydrogen-bond acceptors (Lipinski definition) is 18. The lowest BCUT2D eigenvalue weighted by Crippen LogP contribution is -2.46. The Kier molecular flexibility index (Phi) is 14.3. The average molecular weight is 794 g/mol. The smallest absolute Gasteiger partial charge is 0.386 e. The number of hydrogen-bond donors (Lipinski definition) is 9. The van der Waals surface area contributed by atoms with Crippen LogP contribution in [0.2, 0.25) is 0 Å². The summed E-state index contributed by atoms with van der Waals surface area (Å²) in [4.78, 5) is 84.6. The van der Waals surface area contributed by atoms with Crippen LogP contribution in [0.15, 0.2) is 12.7 Å². The van der Waals surface area contributed by atoms with E-state index >= 15 is 0 Å². The molecular weight excluding hydrogens is 757 g/mol. The molecule has 1 fully saturated rings. The number of imidazole rings is 1. The van der Waals surface area contributed by atoms with Crippen molar-refractivity contribution >= 4 is 52.3 Å². The fourth-order valence-corrected chi connectivity index (χ4v) is 7.20. The number of nitro groups is 1. The van der Waals surface area contributed by atoms with Gasteiger partial charge in [-0.1, -0.05) is 13.8 Å². The highest BCUT2D eigenvalue weighted by molar-refractivity contribution is 7.61. The summed E-state index contributed by atoms with van der Waals surface area (Å²) in [5, 5.41) is 36.3. The number of nitrogens with zero attached hydrogens (tertiary/aromatic N) is 5. The third-order valence-electron chi connectivity index (χ3n) is 6.92. The van der Waals surface area contributed by atoms with Gasteiger partial charge < -0.3 is 50.9 Å². The third-order valence-corrected chi connectivity index (χ3v) is 10.0. The van der Waals surface area contributed by atoms with Crippen molar-refractivity contribution in [2.24, 2.45) is 5.41 Å². The van der Waals surface area contributed by atoms with E-state index in [1.54, 1.807) is 0 Å². The van der Waals surface area contributed by atoms with Gasteiger partial charge in [0, 0.05) is 36.3 Å². The Morgan fingerprint density at radius 3 is 2.43 bits per heavy atom. The fraction of sp³-hybridized carbons (Fsp3) is 0.682. The summed E-state index contributed by atoms with van der Waals surface area (Å²) in [7, 11) is -16.4. The van der Waals surface area contributed by atoms with Gasteiger partial charge in [0.15, 0.2) is 17.7 Å². The number of fused-ring (bicyclic) bond motifs is 1. The second-order valence-corrected chi connectivity index (χ2v) is 15.7. The predicted molar refractivity (Wildman–Crippen MR) is 166 cm³/mol. The van der Waals surface area contributed by atoms with Gasteiger partial charge in [0.2, 0.25) is 18.4 Å². The highest BCUT2D eigenvalue weighted by Crippen LogP contribution is 2.61. The molecule has 26 nitrogen and oxygen atoms in total. The number of carbonyl (C=O) groups is 2. The zero-order valence-corrected chi connectivity index (χ0v) is 29.4. The van der Waals surface area contributed by atoms with Crippen molar-refractivity contribution in [1.29, 1.82) is 0 Å². The molecule has 0 bridgehead atoms. The van der Waals surface area contributed by atoms with Crippen molar-refractivity contribution < 1.29 is 80.6 Å². The highest BCUT2D eigenvalue weighted by atomic mass is 31.3. The Hall–Kier alpha value is -3.06. The Balaban J connectivity index is 1.55. The van der Waals surface area contributed by atoms with Crippen molar-refractivity contribution in [3.05, 3.63) is 22.8 Å². The minimum Gasteiger partial charge on any atom is -0.386 e. The molecule has 7 atom stereocenters. The maximum atomic E-state index is 12.6. The van der Waals surface area contributed by atoms with Gasteiger partial charge >= 0.3 is 23.5 Å². The molecule has 1 aliphatic rings. The van der Waals surface area contributed by atoms with Gasteiger partial charge in [-0.05, 0) is 0 Å². The van der Waals surface area contributed by atoms with Crippen molar-refractivity contribution in [1.82, 2.24) is 30.2 Å². The van der Waals surface area contributed by atoms with Gasteiger partial charge in [0.25, 0.3) is 0 Å². The van der Waals surface area contributed by atoms with Gasteiger partial charge in [-0.15, -0.1) is 0 Å². The second kappa shape index (κ2) is 17.2. The van der Waals surface area contributed by atoms with Crippen LogP contribution in [0.4, 0.5) is 5.82 Å². The summed E-state index contributed by atoms with van der Waals surface area (Å²) in [6.45, 7) is -0.154. The Morgan fingerprint density at radius 1 is 1.12 bits per heavy atom. The molecule has 3 heterocycles. The van der Waals surface area contributed by atoms with Gasteiger partial charge in [-0.25, -0.2) is 28.6 Å². The molecule has 1 aliphatic heterocycles. The monoisotopic (exact) mass is 794 g/mol. The van der Waals surface area contributed by atoms with E-state index in [0.717, 1.165) is 17.2 Å². The molecule has 0 aliphatic carbocycles. The lowest BCUT2D eigenvalue weighted by Gasteiger charge is -2.30. The third kappa shape index (κ3) is 12.5. The second-order valence-electron chi connectivity index (χ2n) is 11.5. The molecule has 2 aromatic rings. The van der Waals surface area contributed by atoms with Crippen LogP contribution in [-0.2, 0) is 45.9 Å². The summed E-state index contributed by atoms with van der Waals surface area (Å²) >= 11 is 0. The molecule has 51 heavy (non-hydrogen) atoms. The van der Waals surface area contributed by atoms with Gasteiger partial charge in [-0.2, -0.15) is 4.31 Å². The minimum absolute atomic E-state index is 0.0230. The van der Waals surface area contributed by atoms with E-state index in [1.165, 1.54) is 13.8 Å². The average Bonchev–Trinajstić information content (AvgIpc) is 3.57. The number of aromatic nitrogens is 4. The largest absolute Gasteiger partial charge is 0.481 e. The van der Waals surface area contributed by atoms with E-state index in [9.17, 15) is 63.2 Å². The molecule has 10 N–H and O–H groups in total. The van der Waals surface area contributed by atoms with Crippen molar-refractivity contribution in [3.63, 3.8) is 0 Å². The highest BCUT2D eigenvalue weighted by Gasteiger charge is 2.50. The first-order chi connectivity index (χ1) is 23.5. The molecule has 0 spiro atoms. The summed E-state index contributed by atoms with van der Waals surface area (Å²) in [5.74, 6) is -1.59. The van der Waals surface area contributed by atoms with E-state index in [1.807, 2.05) is 0 Å². The van der Waals surface area contributed by atoms with E-state index in [0.29, 0.717) is 0 Å². The summed E-state index contributed by atoms with van der Waals surface area (Å²) in [5.41, 5.74) is 4.21. The van der Waals surface area contributed by atoms with Crippen LogP contribution in [0.25, 0.3) is 11.2 Å². The SMILES string of the molecule is CC(C)(COP(=O)(O)OP(=O)(O)OC[C@H]1O[C@@H](n2cnc3c(N)ncnc32)[C@H](O)[C@@H]1OP(=O)(O)O)[C@@H](O)C(=O)NCCC(=O)NCCC[N+](=O)[O-]. The number of nitrogens with two attached hydrogens (primary N) is 1. The number of aliphatic hydroxyl groups is 2. The van der Waals surface area contributed by atoms with Gasteiger partial charge in [-0.3, -0.25) is 37.8 Å². The van der Waals surface area contributed by atoms with E-state index in [-0.39, 0.29) is 49.5 Å². The Labute approximate surface area is 287 Å². The normalized spacial score (nSPS) is 22.6. The topological polar surface area (TPSA) is 390 Å². The lowest BCUT2D eigenvalue weighted by molar-refractivity contribution is -0.480. The van der Waals surface area contributed by atoms with Crippen molar-refractivity contribution in [2.75, 3.05) is 38.6 Å². The van der Waals surface area contributed by atoms with Gasteiger partial charge in [0.1, 0.15) is 36.3 Å². The van der Waals surface area contributed by atoms with Crippen LogP contribution < -0.4 is 16.4 Å². The summed E-state index contributed by atoms with van der Waals surface area (Å²) in [6.07, 6.45) is -6.95. The van der Waals surface area contributed by atoms with Crippen molar-refractivity contribution in [3.8, 4) is 0 Å². The molecule has 2 amide bonds. The van der Waals surface area contributed by atoms with Crippen LogP contribution >= 0.6 is 23.5 Å². The summed E-state index contributed by atoms with van der Waals surface area (Å²) in [6, 6.07) is 0. The number of rotatable bonds is 20. The van der Waals surface area contributed by atoms with Crippen LogP contribution in [0, 0.1) is 15.5 Å². The Morgan fingerprint density at radius 2 is 1.78 bits per heavy atom. The van der Waals surface area contributed by atoms with Crippen LogP contribution in [0.1, 0.15) is 32.9 Å². The van der Waals surface area contributed by atoms with Crippen molar-refractivity contribution in [2.45, 2.75) is 57.3 Å². The number of phosphoric acid groups is 3. The molecule has 2 unspecified atom stereocenters. The van der Waals surface area contributed by atoms with E-state index in [2.05, 4.69) is 34.4 Å². The number of anilines is 1. The number of carbonyl (C=O) groups excluding carboxylic acids is 2. The Bertz CT molecular complexity index is 1710. The number of nitrogens with one attached hydrogen (secondary N) is 2. The zero-order chi connectivity index (χ0) is 38.4. The summed E-state index contributed by atoms with van der Waals surface area (Å²) < 4.78 is 61.7. The maximum absolute atomic E-state index is 12.6. The molecule has 2 aromatic heterocycles. The first-order valence-electron chi connectivity index (χ1n) is 14.5. The lowest BCUT2D eigenvalue weighted by atomic mass is 9.87. The minimum atomic E-state index is -5.57. The zero-order valence-electron chi connectivity index (χ0n) is 26.7. The number of aliphatic hydroxyl groups excluding tert-OH is 2. The van der Waals surface area contributed by atoms with Crippen LogP contribution in [0.5, 0.6) is 0 Å². The molecule has 0 aromatic carbocycles. The maximum Gasteiger partial charge on any atom is 0.481 e. The first-order valence-corrected chi connectivity index (χ1v) is 19.0. The fourth-order valence-electron chi connectivity index (χ4n) is 4.38. The number of amides is 2. The molecular formula is C22H37N8O18P3. The molecule has 1 saturated heterocycles. The number of ether oxygens (including phenoxy) is 1. The quantitative estimate of drug-likeness (QED) is 0.0305. The number of phosphoric ester groups is 3. The number of nitrogen functional groups attached to an aromatic ring is 1. The van der Waals surface area contributed by atoms with E-state index < -0.39 is 89.5 Å². The molecule has 3 rings (SSSR count). The van der Waals surface area contributed by atoms with Crippen LogP contribution in [-0.4, -0.2) is 123 Å². The molecule has 288 valence electrons. The standard InChI is InChI=1S/C22H37N8O18P3/c1-22(2,17(33)20(34)25-6-4-13(31)24-5-3-7-30(35)36)9-45-51(42,43)48-50(40,41)44-8-12-16(47-49(37,38)39)15(32)21(46-12)29-11-28-14-18(23)26-10-27-19(14)29/h10-12,15-17,21,32-33H,3-9H2,1-2H3,(H,24,31)(H,25,34)(H,40,41)(H,42,43)(H2,23,26,27)(H2,37,38,39)/t12-,15-,16-,17+,21-/m1/s1. The van der Waals surface area contributed by atoms with Crippen LogP contribution in [0.3, 0.4) is 0 Å². The molecule has 0 saturated carbocycles. The predicted octanol–water partition coefficient (Wildman–Crippen LogP) is -1.93. The molecule has 29 heteroatoms. The van der Waals surface area contributed by atoms with Gasteiger partial charge in [0.05, 0.1) is 19.5 Å². The van der Waals surface area contributed by atoms with E-state index in [4.69, 9.17) is 19.5 Å².